The molecule has 0 saturated heterocycles. The van der Waals surface area contributed by atoms with Gasteiger partial charge in [0.1, 0.15) is 16.5 Å². The molecular weight excluding hydrogens is 244 g/mol. The van der Waals surface area contributed by atoms with Gasteiger partial charge in [-0.3, -0.25) is 4.99 Å². The van der Waals surface area contributed by atoms with Gasteiger partial charge in [0.15, 0.2) is 0 Å². The third-order valence-corrected chi connectivity index (χ3v) is 2.26. The molecule has 1 aromatic heterocycles. The Morgan fingerprint density at radius 3 is 2.88 bits per heavy atom. The number of aromatic nitrogens is 1. The van der Waals surface area contributed by atoms with Crippen molar-refractivity contribution < 1.29 is 15.0 Å². The molecule has 0 aromatic carbocycles. The van der Waals surface area contributed by atoms with Crippen LogP contribution in [0.25, 0.3) is 7.19 Å². The van der Waals surface area contributed by atoms with E-state index in [1.165, 1.54) is 13.1 Å². The van der Waals surface area contributed by atoms with Gasteiger partial charge in [-0.2, -0.15) is 0 Å². The first-order valence-electron chi connectivity index (χ1n) is 5.08. The van der Waals surface area contributed by atoms with Crippen LogP contribution in [0.15, 0.2) is 22.7 Å². The summed E-state index contributed by atoms with van der Waals surface area (Å²) < 4.78 is 6.56. The summed E-state index contributed by atoms with van der Waals surface area (Å²) in [7, 11) is 1.42. The lowest BCUT2D eigenvalue weighted by molar-refractivity contribution is -0.132. The summed E-state index contributed by atoms with van der Waals surface area (Å²) in [6.45, 7) is 1.74. The van der Waals surface area contributed by atoms with Crippen LogP contribution in [-0.4, -0.2) is 34.4 Å². The second-order valence-electron chi connectivity index (χ2n) is 3.23. The number of aliphatic hydroxyl groups excluding tert-OH is 1. The second kappa shape index (κ2) is 5.45. The molecule has 0 aliphatic heterocycles. The Bertz CT molecular complexity index is 529. The van der Waals surface area contributed by atoms with Crippen molar-refractivity contribution in [2.24, 2.45) is 4.99 Å². The van der Waals surface area contributed by atoms with Crippen LogP contribution in [0.4, 0.5) is 0 Å². The van der Waals surface area contributed by atoms with E-state index in [0.29, 0.717) is 5.69 Å². The molecule has 90 valence electrons. The monoisotopic (exact) mass is 256 g/mol. The van der Waals surface area contributed by atoms with Crippen LogP contribution >= 0.6 is 11.6 Å². The summed E-state index contributed by atoms with van der Waals surface area (Å²) in [5.41, 5.74) is 0.577. The number of pyridine rings is 1. The number of carboxylic acid groups (broad SMARTS) is 1. The molecule has 5 nitrogen and oxygen atoms in total. The van der Waals surface area contributed by atoms with E-state index in [-0.39, 0.29) is 16.3 Å². The van der Waals surface area contributed by atoms with Gasteiger partial charge >= 0.3 is 5.97 Å². The van der Waals surface area contributed by atoms with E-state index < -0.39 is 11.7 Å². The molecule has 0 radical (unpaired) electrons. The van der Waals surface area contributed by atoms with Gasteiger partial charge in [0.05, 0.1) is 5.56 Å². The Labute approximate surface area is 105 Å². The Morgan fingerprint density at radius 1 is 1.65 bits per heavy atom. The van der Waals surface area contributed by atoms with E-state index in [2.05, 4.69) is 15.1 Å². The van der Waals surface area contributed by atoms with Gasteiger partial charge in [-0.25, -0.2) is 9.78 Å². The van der Waals surface area contributed by atoms with Crippen molar-refractivity contribution in [2.45, 2.75) is 6.92 Å². The van der Waals surface area contributed by atoms with E-state index in [1.54, 1.807) is 13.0 Å². The summed E-state index contributed by atoms with van der Waals surface area (Å²) in [6.07, 6.45) is 1.09. The molecule has 0 spiro atoms. The van der Waals surface area contributed by atoms with Gasteiger partial charge in [-0.05, 0) is 19.1 Å². The zero-order valence-corrected chi connectivity index (χ0v) is 10.0. The molecule has 17 heavy (non-hydrogen) atoms. The lowest BCUT2D eigenvalue weighted by atomic mass is 10.1. The van der Waals surface area contributed by atoms with Crippen molar-refractivity contribution in [1.82, 2.24) is 4.98 Å². The van der Waals surface area contributed by atoms with Crippen LogP contribution in [0.3, 0.4) is 0 Å². The molecule has 0 unspecified atom stereocenters. The maximum absolute atomic E-state index is 11.3. The van der Waals surface area contributed by atoms with E-state index in [0.717, 1.165) is 6.21 Å². The Morgan fingerprint density at radius 2 is 2.35 bits per heavy atom. The molecule has 0 aliphatic carbocycles. The van der Waals surface area contributed by atoms with Gasteiger partial charge in [-0.15, -0.1) is 0 Å². The second-order valence-corrected chi connectivity index (χ2v) is 3.59. The molecule has 2 N–H and O–H groups in total. The van der Waals surface area contributed by atoms with Crippen LogP contribution in [0, 0.1) is 6.92 Å². The van der Waals surface area contributed by atoms with Crippen molar-refractivity contribution in [3.8, 4) is 0 Å². The first kappa shape index (κ1) is 11.6. The largest absolute Gasteiger partial charge is 0.506 e. The fourth-order valence-electron chi connectivity index (χ4n) is 1.19. The molecule has 0 amide bonds. The Kier molecular flexibility index (Phi) is 3.72. The number of hydrogen-bond acceptors (Lipinski definition) is 5. The fraction of sp³-hybridized carbons (Fsp3) is 0.182. The highest BCUT2D eigenvalue weighted by atomic mass is 35.5. The van der Waals surface area contributed by atoms with Crippen LogP contribution in [-0.2, 0) is 4.79 Å². The third-order valence-electron chi connectivity index (χ3n) is 1.98. The highest BCUT2D eigenvalue weighted by Gasteiger charge is 2.16. The molecular formula is C11H11ClN2O3. The summed E-state index contributed by atoms with van der Waals surface area (Å²) >= 11 is 5.87. The minimum absolute atomic E-state index is 0.0484. The number of rotatable bonds is 3. The van der Waals surface area contributed by atoms with Crippen molar-refractivity contribution in [2.75, 3.05) is 7.05 Å². The average molecular weight is 257 g/mol. The molecule has 6 heteroatoms. The smallest absolute Gasteiger partial charge is 0.341 e. The van der Waals surface area contributed by atoms with Gasteiger partial charge in [0.25, 0.3) is 1.43 Å². The van der Waals surface area contributed by atoms with E-state index in [1.807, 2.05) is 0 Å². The highest BCUT2D eigenvalue weighted by Crippen LogP contribution is 2.22. The molecule has 0 fully saturated rings. The molecule has 0 aliphatic rings. The van der Waals surface area contributed by atoms with Crippen LogP contribution in [0.2, 0.25) is 5.15 Å². The summed E-state index contributed by atoms with van der Waals surface area (Å²) in [5.74, 6) is -1.47. The van der Waals surface area contributed by atoms with Gasteiger partial charge in [-0.1, -0.05) is 11.6 Å². The van der Waals surface area contributed by atoms with E-state index >= 15 is 0 Å². The van der Waals surface area contributed by atoms with Crippen molar-refractivity contribution in [3.63, 3.8) is 0 Å². The number of aliphatic carboxylic acids is 1. The predicted molar refractivity (Wildman–Crippen MR) is 65.6 cm³/mol. The lowest BCUT2D eigenvalue weighted by Gasteiger charge is -2.05. The number of aliphatic hydroxyl groups is 1. The average Bonchev–Trinajstić information content (AvgIpc) is 2.34. The fourth-order valence-corrected chi connectivity index (χ4v) is 1.47. The van der Waals surface area contributed by atoms with Crippen molar-refractivity contribution >= 4 is 29.5 Å². The quantitative estimate of drug-likeness (QED) is 0.375. The zero-order chi connectivity index (χ0) is 13.7. The minimum Gasteiger partial charge on any atom is -0.506 e. The first-order valence-corrected chi connectivity index (χ1v) is 5.05. The maximum atomic E-state index is 11.3. The number of aliphatic imine (C=N–C) groups is 1. The normalized spacial score (nSPS) is 13.2. The van der Waals surface area contributed by atoms with Crippen LogP contribution in [0.5, 0.6) is 0 Å². The first-order chi connectivity index (χ1) is 8.51. The van der Waals surface area contributed by atoms with Crippen molar-refractivity contribution in [1.29, 1.82) is 1.43 Å². The third kappa shape index (κ3) is 3.04. The SMILES string of the molecule is [3H]OC(=O)C(C=NC)=C(O)c1ccc(C)nc1Cl. The molecule has 0 bridgehead atoms. The molecule has 1 rings (SSSR count). The predicted octanol–water partition coefficient (Wildman–Crippen LogP) is 2.10. The molecule has 1 heterocycles. The standard InChI is InChI=1S/C11H11ClN2O3/c1-6-3-4-7(10(12)14-6)9(15)8(5-13-2)11(16)17/h3-5,15H,1-2H3,(H,16,17)/i/hT. The van der Waals surface area contributed by atoms with Crippen molar-refractivity contribution in [3.05, 3.63) is 34.1 Å². The zero-order valence-electron chi connectivity index (χ0n) is 10.3. The summed E-state index contributed by atoms with van der Waals surface area (Å²) in [4.78, 5) is 18.9. The van der Waals surface area contributed by atoms with E-state index in [4.69, 9.17) is 13.0 Å². The van der Waals surface area contributed by atoms with Crippen LogP contribution < -0.4 is 0 Å². The Balaban J connectivity index is 3.38. The number of nitrogens with zero attached hydrogens (tertiary/aromatic N) is 2. The minimum atomic E-state index is -1.03. The number of carboxylic acids is 1. The lowest BCUT2D eigenvalue weighted by Crippen LogP contribution is -2.06. The van der Waals surface area contributed by atoms with Gasteiger partial charge in [0, 0.05) is 19.0 Å². The Hall–Kier alpha value is -1.88. The molecule has 0 atom stereocenters. The molecule has 0 saturated carbocycles. The maximum Gasteiger partial charge on any atom is 0.341 e. The summed E-state index contributed by atoms with van der Waals surface area (Å²) in [5, 5.41) is 13.8. The number of aryl methyl sites for hydroxylation is 1. The topological polar surface area (TPSA) is 82.8 Å². The van der Waals surface area contributed by atoms with E-state index in [9.17, 15) is 9.90 Å². The molecule has 1 aromatic rings. The summed E-state index contributed by atoms with van der Waals surface area (Å²) in [6, 6.07) is 3.14. The highest BCUT2D eigenvalue weighted by molar-refractivity contribution is 6.31. The van der Waals surface area contributed by atoms with Gasteiger partial charge in [0.2, 0.25) is 0 Å². The number of hydrogen-bond donors (Lipinski definition) is 2. The van der Waals surface area contributed by atoms with Gasteiger partial charge < -0.3 is 10.2 Å². The number of halogens is 1. The number of carbonyl (C=O) groups is 1. The van der Waals surface area contributed by atoms with Crippen LogP contribution in [0.1, 0.15) is 11.3 Å².